The van der Waals surface area contributed by atoms with Crippen molar-refractivity contribution in [2.45, 2.75) is 6.54 Å². The van der Waals surface area contributed by atoms with Crippen LogP contribution in [0.5, 0.6) is 0 Å². The topological polar surface area (TPSA) is 78.1 Å². The molecule has 0 atom stereocenters. The van der Waals surface area contributed by atoms with Crippen LogP contribution in [0.3, 0.4) is 0 Å². The highest BCUT2D eigenvalue weighted by Gasteiger charge is 2.32. The number of carbonyl (C=O) groups excluding carboxylic acids is 2. The zero-order valence-corrected chi connectivity index (χ0v) is 10.3. The molecular formula is C13H12N4O2. The second-order valence-corrected chi connectivity index (χ2v) is 4.36. The summed E-state index contributed by atoms with van der Waals surface area (Å²) in [6.45, 7) is 0.580. The van der Waals surface area contributed by atoms with Crippen LogP contribution in [-0.4, -0.2) is 33.7 Å². The van der Waals surface area contributed by atoms with Crippen LogP contribution >= 0.6 is 0 Å². The number of anilines is 1. The van der Waals surface area contributed by atoms with Crippen LogP contribution in [0, 0.1) is 0 Å². The van der Waals surface area contributed by atoms with Gasteiger partial charge in [-0.3, -0.25) is 14.5 Å². The van der Waals surface area contributed by atoms with Crippen LogP contribution in [0.4, 0.5) is 5.69 Å². The van der Waals surface area contributed by atoms with Crippen molar-refractivity contribution < 1.29 is 9.59 Å². The van der Waals surface area contributed by atoms with Crippen LogP contribution in [0.15, 0.2) is 30.7 Å². The number of amides is 2. The van der Waals surface area contributed by atoms with Gasteiger partial charge in [0.15, 0.2) is 0 Å². The maximum atomic E-state index is 11.9. The van der Waals surface area contributed by atoms with Gasteiger partial charge in [-0.1, -0.05) is 0 Å². The molecule has 2 aromatic rings. The molecular weight excluding hydrogens is 244 g/mol. The molecule has 1 aliphatic heterocycles. The van der Waals surface area contributed by atoms with E-state index in [9.17, 15) is 9.59 Å². The fourth-order valence-corrected chi connectivity index (χ4v) is 2.05. The highest BCUT2D eigenvalue weighted by Crippen LogP contribution is 2.24. The van der Waals surface area contributed by atoms with Gasteiger partial charge in [0.25, 0.3) is 11.8 Å². The maximum absolute atomic E-state index is 11.9. The molecule has 2 amide bonds. The molecule has 3 rings (SSSR count). The summed E-state index contributed by atoms with van der Waals surface area (Å²) in [5, 5.41) is 3.17. The fourth-order valence-electron chi connectivity index (χ4n) is 2.05. The molecule has 19 heavy (non-hydrogen) atoms. The average Bonchev–Trinajstić information content (AvgIpc) is 3.01. The van der Waals surface area contributed by atoms with Crippen molar-refractivity contribution in [3.05, 3.63) is 47.5 Å². The molecule has 1 aromatic carbocycles. The second kappa shape index (κ2) is 4.24. The van der Waals surface area contributed by atoms with E-state index in [1.165, 1.54) is 7.05 Å². The highest BCUT2D eigenvalue weighted by molar-refractivity contribution is 6.21. The summed E-state index contributed by atoms with van der Waals surface area (Å²) in [4.78, 5) is 31.6. The first kappa shape index (κ1) is 11.5. The van der Waals surface area contributed by atoms with Gasteiger partial charge < -0.3 is 10.3 Å². The van der Waals surface area contributed by atoms with Gasteiger partial charge >= 0.3 is 0 Å². The van der Waals surface area contributed by atoms with Gasteiger partial charge in [0.2, 0.25) is 0 Å². The monoisotopic (exact) mass is 256 g/mol. The maximum Gasteiger partial charge on any atom is 0.261 e. The predicted octanol–water partition coefficient (Wildman–Crippen LogP) is 1.25. The van der Waals surface area contributed by atoms with E-state index in [-0.39, 0.29) is 11.8 Å². The number of H-pyrrole nitrogens is 1. The molecule has 6 nitrogen and oxygen atoms in total. The molecule has 2 N–H and O–H groups in total. The van der Waals surface area contributed by atoms with E-state index in [4.69, 9.17) is 0 Å². The Morgan fingerprint density at radius 2 is 2.05 bits per heavy atom. The quantitative estimate of drug-likeness (QED) is 0.810. The molecule has 1 aliphatic rings. The van der Waals surface area contributed by atoms with Crippen molar-refractivity contribution in [3.8, 4) is 0 Å². The molecule has 0 fully saturated rings. The molecule has 0 saturated heterocycles. The summed E-state index contributed by atoms with van der Waals surface area (Å²) in [5.41, 5.74) is 2.64. The van der Waals surface area contributed by atoms with Crippen molar-refractivity contribution >= 4 is 17.5 Å². The number of benzene rings is 1. The third-order valence-corrected chi connectivity index (χ3v) is 3.13. The number of fused-ring (bicyclic) bond motifs is 1. The molecule has 0 radical (unpaired) electrons. The molecule has 6 heteroatoms. The van der Waals surface area contributed by atoms with Gasteiger partial charge in [-0.2, -0.15) is 0 Å². The number of imide groups is 1. The Bertz CT molecular complexity index is 649. The van der Waals surface area contributed by atoms with E-state index >= 15 is 0 Å². The number of nitrogens with one attached hydrogen (secondary N) is 2. The zero-order chi connectivity index (χ0) is 13.4. The van der Waals surface area contributed by atoms with Gasteiger partial charge in [0, 0.05) is 18.9 Å². The van der Waals surface area contributed by atoms with Crippen molar-refractivity contribution in [3.63, 3.8) is 0 Å². The molecule has 0 saturated carbocycles. The summed E-state index contributed by atoms with van der Waals surface area (Å²) < 4.78 is 0. The van der Waals surface area contributed by atoms with E-state index < -0.39 is 0 Å². The second-order valence-electron chi connectivity index (χ2n) is 4.36. The summed E-state index contributed by atoms with van der Waals surface area (Å²) in [6, 6.07) is 5.17. The first-order chi connectivity index (χ1) is 9.16. The number of hydrogen-bond donors (Lipinski definition) is 2. The first-order valence-corrected chi connectivity index (χ1v) is 5.84. The first-order valence-electron chi connectivity index (χ1n) is 5.84. The summed E-state index contributed by atoms with van der Waals surface area (Å²) in [7, 11) is 1.49. The standard InChI is InChI=1S/C13H12N4O2/c1-17-12(18)10-3-2-8(4-11(10)13(17)19)15-6-9-5-14-7-16-9/h2-5,7,15H,6H2,1H3,(H,14,16). The van der Waals surface area contributed by atoms with Crippen LogP contribution in [-0.2, 0) is 6.54 Å². The number of nitrogens with zero attached hydrogens (tertiary/aromatic N) is 2. The predicted molar refractivity (Wildman–Crippen MR) is 68.8 cm³/mol. The number of carbonyl (C=O) groups is 2. The lowest BCUT2D eigenvalue weighted by Crippen LogP contribution is -2.24. The van der Waals surface area contributed by atoms with Crippen LogP contribution in [0.2, 0.25) is 0 Å². The summed E-state index contributed by atoms with van der Waals surface area (Å²) >= 11 is 0. The Morgan fingerprint density at radius 3 is 2.79 bits per heavy atom. The minimum Gasteiger partial charge on any atom is -0.379 e. The Balaban J connectivity index is 1.83. The number of imidazole rings is 1. The smallest absolute Gasteiger partial charge is 0.261 e. The number of hydrogen-bond acceptors (Lipinski definition) is 4. The minimum absolute atomic E-state index is 0.250. The average molecular weight is 256 g/mol. The zero-order valence-electron chi connectivity index (χ0n) is 10.3. The molecule has 0 aliphatic carbocycles. The van der Waals surface area contributed by atoms with E-state index in [2.05, 4.69) is 15.3 Å². The Labute approximate surface area is 109 Å². The number of aromatic nitrogens is 2. The van der Waals surface area contributed by atoms with Crippen molar-refractivity contribution in [2.75, 3.05) is 12.4 Å². The minimum atomic E-state index is -0.259. The lowest BCUT2D eigenvalue weighted by atomic mass is 10.1. The third kappa shape index (κ3) is 1.87. The van der Waals surface area contributed by atoms with Gasteiger partial charge in [-0.25, -0.2) is 4.98 Å². The number of rotatable bonds is 3. The summed E-state index contributed by atoms with van der Waals surface area (Å²) in [6.07, 6.45) is 3.33. The SMILES string of the molecule is CN1C(=O)c2ccc(NCc3cnc[nH]3)cc2C1=O. The van der Waals surface area contributed by atoms with Gasteiger partial charge in [-0.05, 0) is 18.2 Å². The molecule has 0 bridgehead atoms. The largest absolute Gasteiger partial charge is 0.379 e. The molecule has 96 valence electrons. The lowest BCUT2D eigenvalue weighted by Gasteiger charge is -2.05. The van der Waals surface area contributed by atoms with Crippen LogP contribution in [0.25, 0.3) is 0 Å². The van der Waals surface area contributed by atoms with E-state index in [1.54, 1.807) is 30.7 Å². The Kier molecular flexibility index (Phi) is 2.56. The normalized spacial score (nSPS) is 13.8. The molecule has 0 unspecified atom stereocenters. The van der Waals surface area contributed by atoms with Crippen LogP contribution in [0.1, 0.15) is 26.4 Å². The van der Waals surface area contributed by atoms with E-state index in [1.807, 2.05) is 0 Å². The van der Waals surface area contributed by atoms with E-state index in [0.29, 0.717) is 17.7 Å². The third-order valence-electron chi connectivity index (χ3n) is 3.13. The van der Waals surface area contributed by atoms with Gasteiger partial charge in [0.05, 0.1) is 29.7 Å². The Hall–Kier alpha value is -2.63. The van der Waals surface area contributed by atoms with E-state index in [0.717, 1.165) is 16.3 Å². The molecule has 2 heterocycles. The summed E-state index contributed by atoms with van der Waals surface area (Å²) in [5.74, 6) is -0.509. The van der Waals surface area contributed by atoms with Gasteiger partial charge in [0.1, 0.15) is 0 Å². The van der Waals surface area contributed by atoms with Crippen molar-refractivity contribution in [1.82, 2.24) is 14.9 Å². The molecule has 1 aromatic heterocycles. The number of aromatic amines is 1. The van der Waals surface area contributed by atoms with Gasteiger partial charge in [-0.15, -0.1) is 0 Å². The van der Waals surface area contributed by atoms with Crippen molar-refractivity contribution in [2.24, 2.45) is 0 Å². The molecule has 0 spiro atoms. The van der Waals surface area contributed by atoms with Crippen molar-refractivity contribution in [1.29, 1.82) is 0 Å². The highest BCUT2D eigenvalue weighted by atomic mass is 16.2. The lowest BCUT2D eigenvalue weighted by molar-refractivity contribution is 0.0693. The fraction of sp³-hybridized carbons (Fsp3) is 0.154. The Morgan fingerprint density at radius 1 is 1.26 bits per heavy atom. The van der Waals surface area contributed by atoms with Crippen LogP contribution < -0.4 is 5.32 Å².